The van der Waals surface area contributed by atoms with E-state index in [1.54, 1.807) is 0 Å². The number of aromatic nitrogens is 2. The Kier molecular flexibility index (Phi) is 3.16. The lowest BCUT2D eigenvalue weighted by atomic mass is 10.00. The highest BCUT2D eigenvalue weighted by atomic mass is 16.3. The molecule has 0 amide bonds. The molecule has 0 radical (unpaired) electrons. The highest BCUT2D eigenvalue weighted by Gasteiger charge is 2.40. The van der Waals surface area contributed by atoms with Gasteiger partial charge in [0.25, 0.3) is 0 Å². The van der Waals surface area contributed by atoms with E-state index in [9.17, 15) is 5.11 Å². The third-order valence-corrected chi connectivity index (χ3v) is 4.40. The van der Waals surface area contributed by atoms with Crippen LogP contribution in [-0.2, 0) is 6.54 Å². The maximum Gasteiger partial charge on any atom is 0.0765 e. The number of piperidine rings is 1. The summed E-state index contributed by atoms with van der Waals surface area (Å²) >= 11 is 0. The molecule has 1 N–H and O–H groups in total. The molecule has 3 heterocycles. The molecule has 2 unspecified atom stereocenters. The van der Waals surface area contributed by atoms with E-state index in [0.717, 1.165) is 25.1 Å². The van der Waals surface area contributed by atoms with Crippen molar-refractivity contribution in [3.05, 3.63) is 18.0 Å². The van der Waals surface area contributed by atoms with E-state index in [4.69, 9.17) is 0 Å². The van der Waals surface area contributed by atoms with Crippen LogP contribution < -0.4 is 0 Å². The molecule has 1 aromatic heterocycles. The number of aliphatic hydroxyl groups excluding tert-OH is 1. The van der Waals surface area contributed by atoms with Gasteiger partial charge in [0.15, 0.2) is 0 Å². The summed E-state index contributed by atoms with van der Waals surface area (Å²) in [5, 5.41) is 14.4. The number of aliphatic hydroxyl groups is 1. The standard InChI is InChI=1S/C14H23N3O/c1-10(2)17-6-5-11(15-17)9-16-12-3-4-13(16)8-14(18)7-12/h5-6,10,12-14,18H,3-4,7-9H2,1-2H3. The van der Waals surface area contributed by atoms with Gasteiger partial charge in [0.1, 0.15) is 0 Å². The largest absolute Gasteiger partial charge is 0.393 e. The van der Waals surface area contributed by atoms with Crippen LogP contribution in [0.15, 0.2) is 12.3 Å². The minimum absolute atomic E-state index is 0.0769. The van der Waals surface area contributed by atoms with E-state index >= 15 is 0 Å². The van der Waals surface area contributed by atoms with Crippen molar-refractivity contribution in [3.8, 4) is 0 Å². The molecule has 2 aliphatic heterocycles. The molecule has 0 aliphatic carbocycles. The van der Waals surface area contributed by atoms with Gasteiger partial charge in [-0.1, -0.05) is 0 Å². The first-order valence-corrected chi connectivity index (χ1v) is 7.11. The first kappa shape index (κ1) is 12.2. The van der Waals surface area contributed by atoms with Gasteiger partial charge in [-0.15, -0.1) is 0 Å². The number of rotatable bonds is 3. The van der Waals surface area contributed by atoms with Crippen LogP contribution in [0.2, 0.25) is 0 Å². The van der Waals surface area contributed by atoms with Crippen molar-refractivity contribution in [3.63, 3.8) is 0 Å². The summed E-state index contributed by atoms with van der Waals surface area (Å²) in [4.78, 5) is 2.56. The van der Waals surface area contributed by atoms with Gasteiger partial charge in [0.05, 0.1) is 11.8 Å². The molecule has 4 nitrogen and oxygen atoms in total. The maximum absolute atomic E-state index is 9.80. The normalized spacial score (nSPS) is 32.3. The average Bonchev–Trinajstić information content (AvgIpc) is 2.85. The Labute approximate surface area is 109 Å². The summed E-state index contributed by atoms with van der Waals surface area (Å²) < 4.78 is 2.02. The molecule has 100 valence electrons. The van der Waals surface area contributed by atoms with Crippen LogP contribution in [0.25, 0.3) is 0 Å². The van der Waals surface area contributed by atoms with Gasteiger partial charge in [-0.05, 0) is 45.6 Å². The molecule has 2 atom stereocenters. The predicted octanol–water partition coefficient (Wildman–Crippen LogP) is 1.95. The second-order valence-corrected chi connectivity index (χ2v) is 6.06. The summed E-state index contributed by atoms with van der Waals surface area (Å²) in [5.74, 6) is 0. The fourth-order valence-electron chi connectivity index (χ4n) is 3.44. The lowest BCUT2D eigenvalue weighted by molar-refractivity contribution is 0.0302. The Morgan fingerprint density at radius 1 is 1.33 bits per heavy atom. The third kappa shape index (κ3) is 2.19. The molecule has 18 heavy (non-hydrogen) atoms. The van der Waals surface area contributed by atoms with E-state index in [1.165, 1.54) is 12.8 Å². The first-order valence-electron chi connectivity index (χ1n) is 7.11. The molecule has 1 aromatic rings. The Morgan fingerprint density at radius 3 is 2.56 bits per heavy atom. The second-order valence-electron chi connectivity index (χ2n) is 6.06. The monoisotopic (exact) mass is 249 g/mol. The maximum atomic E-state index is 9.80. The third-order valence-electron chi connectivity index (χ3n) is 4.40. The van der Waals surface area contributed by atoms with Crippen molar-refractivity contribution in [1.29, 1.82) is 0 Å². The van der Waals surface area contributed by atoms with Gasteiger partial charge in [-0.3, -0.25) is 9.58 Å². The number of hydrogen-bond donors (Lipinski definition) is 1. The number of nitrogens with zero attached hydrogens (tertiary/aromatic N) is 3. The van der Waals surface area contributed by atoms with E-state index in [2.05, 4.69) is 36.1 Å². The highest BCUT2D eigenvalue weighted by Crippen LogP contribution is 2.36. The molecule has 4 heteroatoms. The highest BCUT2D eigenvalue weighted by molar-refractivity contribution is 5.04. The molecule has 0 saturated carbocycles. The van der Waals surface area contributed by atoms with Crippen LogP contribution >= 0.6 is 0 Å². The Balaban J connectivity index is 1.69. The minimum atomic E-state index is -0.0769. The van der Waals surface area contributed by atoms with Crippen molar-refractivity contribution in [2.45, 2.75) is 70.3 Å². The molecule has 2 aliphatic rings. The molecule has 2 fully saturated rings. The Hall–Kier alpha value is -0.870. The van der Waals surface area contributed by atoms with Gasteiger partial charge in [0, 0.05) is 30.9 Å². The average molecular weight is 249 g/mol. The SMILES string of the molecule is CC(C)n1ccc(CN2C3CCC2CC(O)C3)n1. The fraction of sp³-hybridized carbons (Fsp3) is 0.786. The van der Waals surface area contributed by atoms with Crippen molar-refractivity contribution in [1.82, 2.24) is 14.7 Å². The predicted molar refractivity (Wildman–Crippen MR) is 70.2 cm³/mol. The molecule has 2 bridgehead atoms. The molecular formula is C14H23N3O. The summed E-state index contributed by atoms with van der Waals surface area (Å²) in [6.07, 6.45) is 6.37. The minimum Gasteiger partial charge on any atom is -0.393 e. The van der Waals surface area contributed by atoms with Crippen LogP contribution in [-0.4, -0.2) is 38.0 Å². The zero-order chi connectivity index (χ0) is 12.7. The summed E-state index contributed by atoms with van der Waals surface area (Å²) in [7, 11) is 0. The van der Waals surface area contributed by atoms with Crippen molar-refractivity contribution in [2.75, 3.05) is 0 Å². The van der Waals surface area contributed by atoms with Gasteiger partial charge < -0.3 is 5.11 Å². The number of hydrogen-bond acceptors (Lipinski definition) is 3. The van der Waals surface area contributed by atoms with Gasteiger partial charge in [-0.2, -0.15) is 5.10 Å². The zero-order valence-electron chi connectivity index (χ0n) is 11.3. The van der Waals surface area contributed by atoms with E-state index in [0.29, 0.717) is 18.1 Å². The quantitative estimate of drug-likeness (QED) is 0.890. The molecule has 2 saturated heterocycles. The molecular weight excluding hydrogens is 226 g/mol. The lowest BCUT2D eigenvalue weighted by Gasteiger charge is -2.36. The van der Waals surface area contributed by atoms with Crippen LogP contribution in [0.1, 0.15) is 51.3 Å². The molecule has 0 aromatic carbocycles. The van der Waals surface area contributed by atoms with Crippen LogP contribution in [0, 0.1) is 0 Å². The Morgan fingerprint density at radius 2 is 2.00 bits per heavy atom. The lowest BCUT2D eigenvalue weighted by Crippen LogP contribution is -2.44. The molecule has 3 rings (SSSR count). The van der Waals surface area contributed by atoms with Gasteiger partial charge in [-0.25, -0.2) is 0 Å². The van der Waals surface area contributed by atoms with Crippen LogP contribution in [0.3, 0.4) is 0 Å². The summed E-state index contributed by atoms with van der Waals surface area (Å²) in [6.45, 7) is 5.25. The van der Waals surface area contributed by atoms with Crippen molar-refractivity contribution < 1.29 is 5.11 Å². The summed E-state index contributed by atoms with van der Waals surface area (Å²) in [5.41, 5.74) is 1.16. The van der Waals surface area contributed by atoms with E-state index in [-0.39, 0.29) is 6.10 Å². The van der Waals surface area contributed by atoms with E-state index in [1.807, 2.05) is 4.68 Å². The topological polar surface area (TPSA) is 41.3 Å². The molecule has 0 spiro atoms. The van der Waals surface area contributed by atoms with E-state index < -0.39 is 0 Å². The zero-order valence-corrected chi connectivity index (χ0v) is 11.3. The van der Waals surface area contributed by atoms with Crippen molar-refractivity contribution in [2.24, 2.45) is 0 Å². The first-order chi connectivity index (χ1) is 8.63. The fourth-order valence-corrected chi connectivity index (χ4v) is 3.44. The number of fused-ring (bicyclic) bond motifs is 2. The second kappa shape index (κ2) is 4.67. The van der Waals surface area contributed by atoms with Gasteiger partial charge in [0.2, 0.25) is 0 Å². The van der Waals surface area contributed by atoms with Crippen LogP contribution in [0.5, 0.6) is 0 Å². The Bertz CT molecular complexity index is 401. The van der Waals surface area contributed by atoms with Crippen LogP contribution in [0.4, 0.5) is 0 Å². The van der Waals surface area contributed by atoms with Gasteiger partial charge >= 0.3 is 0 Å². The smallest absolute Gasteiger partial charge is 0.0765 e. The van der Waals surface area contributed by atoms with Crippen molar-refractivity contribution >= 4 is 0 Å². The summed E-state index contributed by atoms with van der Waals surface area (Å²) in [6, 6.07) is 3.70.